The molecule has 1 saturated heterocycles. The SMILES string of the molecule is CC1CCN(c2nc3ccc(C(=O)NCc4ccccc4Br)cc3s2)CC1. The van der Waals surface area contributed by atoms with Gasteiger partial charge in [-0.1, -0.05) is 52.4 Å². The predicted molar refractivity (Wildman–Crippen MR) is 116 cm³/mol. The van der Waals surface area contributed by atoms with E-state index in [9.17, 15) is 4.79 Å². The van der Waals surface area contributed by atoms with E-state index in [4.69, 9.17) is 4.98 Å². The van der Waals surface area contributed by atoms with E-state index in [0.29, 0.717) is 12.1 Å². The number of hydrogen-bond donors (Lipinski definition) is 1. The van der Waals surface area contributed by atoms with Gasteiger partial charge in [0.1, 0.15) is 0 Å². The number of amides is 1. The summed E-state index contributed by atoms with van der Waals surface area (Å²) in [5.74, 6) is 0.741. The summed E-state index contributed by atoms with van der Waals surface area (Å²) in [6, 6.07) is 13.7. The van der Waals surface area contributed by atoms with Gasteiger partial charge in [0.2, 0.25) is 0 Å². The van der Waals surface area contributed by atoms with E-state index in [1.165, 1.54) is 12.8 Å². The molecule has 2 heterocycles. The number of fused-ring (bicyclic) bond motifs is 1. The number of aromatic nitrogens is 1. The number of halogens is 1. The normalized spacial score (nSPS) is 15.3. The molecule has 4 rings (SSSR count). The van der Waals surface area contributed by atoms with Crippen molar-refractivity contribution in [1.29, 1.82) is 0 Å². The Labute approximate surface area is 171 Å². The maximum absolute atomic E-state index is 12.6. The summed E-state index contributed by atoms with van der Waals surface area (Å²) in [4.78, 5) is 19.7. The topological polar surface area (TPSA) is 45.2 Å². The van der Waals surface area contributed by atoms with Crippen LogP contribution in [0.4, 0.5) is 5.13 Å². The van der Waals surface area contributed by atoms with Crippen LogP contribution >= 0.6 is 27.3 Å². The van der Waals surface area contributed by atoms with Crippen LogP contribution in [0.15, 0.2) is 46.9 Å². The zero-order chi connectivity index (χ0) is 18.8. The molecule has 3 aromatic rings. The molecule has 4 nitrogen and oxygen atoms in total. The van der Waals surface area contributed by atoms with Crippen molar-refractivity contribution in [2.45, 2.75) is 26.3 Å². The van der Waals surface area contributed by atoms with Crippen LogP contribution in [-0.4, -0.2) is 24.0 Å². The van der Waals surface area contributed by atoms with E-state index in [-0.39, 0.29) is 5.91 Å². The van der Waals surface area contributed by atoms with Crippen molar-refractivity contribution in [1.82, 2.24) is 10.3 Å². The third kappa shape index (κ3) is 4.17. The monoisotopic (exact) mass is 443 g/mol. The van der Waals surface area contributed by atoms with Gasteiger partial charge in [0, 0.05) is 29.7 Å². The number of hydrogen-bond acceptors (Lipinski definition) is 4. The molecule has 0 radical (unpaired) electrons. The second-order valence-electron chi connectivity index (χ2n) is 7.12. The molecule has 0 spiro atoms. The largest absolute Gasteiger partial charge is 0.348 e. The van der Waals surface area contributed by atoms with E-state index >= 15 is 0 Å². The highest BCUT2D eigenvalue weighted by Gasteiger charge is 2.19. The summed E-state index contributed by atoms with van der Waals surface area (Å²) in [7, 11) is 0. The van der Waals surface area contributed by atoms with Crippen molar-refractivity contribution in [3.63, 3.8) is 0 Å². The number of piperidine rings is 1. The maximum atomic E-state index is 12.6. The third-order valence-corrected chi connectivity index (χ3v) is 6.94. The molecule has 2 aromatic carbocycles. The Morgan fingerprint density at radius 1 is 1.26 bits per heavy atom. The Bertz CT molecular complexity index is 963. The van der Waals surface area contributed by atoms with Gasteiger partial charge >= 0.3 is 0 Å². The van der Waals surface area contributed by atoms with Gasteiger partial charge in [-0.3, -0.25) is 4.79 Å². The van der Waals surface area contributed by atoms with Gasteiger partial charge in [-0.15, -0.1) is 0 Å². The molecule has 0 bridgehead atoms. The Morgan fingerprint density at radius 3 is 2.81 bits per heavy atom. The second kappa shape index (κ2) is 7.98. The molecule has 1 aliphatic heterocycles. The minimum Gasteiger partial charge on any atom is -0.348 e. The number of anilines is 1. The fourth-order valence-electron chi connectivity index (χ4n) is 3.31. The van der Waals surface area contributed by atoms with Crippen LogP contribution in [-0.2, 0) is 6.54 Å². The van der Waals surface area contributed by atoms with Crippen molar-refractivity contribution < 1.29 is 4.79 Å². The Kier molecular flexibility index (Phi) is 5.45. The standard InChI is InChI=1S/C21H22BrN3OS/c1-14-8-10-25(11-9-14)21-24-18-7-6-15(12-19(18)27-21)20(26)23-13-16-4-2-3-5-17(16)22/h2-7,12,14H,8-11,13H2,1H3,(H,23,26). The minimum absolute atomic E-state index is 0.0607. The quantitative estimate of drug-likeness (QED) is 0.600. The summed E-state index contributed by atoms with van der Waals surface area (Å²) in [6.07, 6.45) is 2.44. The first-order valence-corrected chi connectivity index (χ1v) is 10.9. The van der Waals surface area contributed by atoms with Gasteiger partial charge in [-0.05, 0) is 48.6 Å². The van der Waals surface area contributed by atoms with Crippen LogP contribution in [0, 0.1) is 5.92 Å². The van der Waals surface area contributed by atoms with Crippen molar-refractivity contribution in [3.05, 3.63) is 58.1 Å². The van der Waals surface area contributed by atoms with Crippen LogP contribution < -0.4 is 10.2 Å². The van der Waals surface area contributed by atoms with Crippen molar-refractivity contribution in [2.24, 2.45) is 5.92 Å². The van der Waals surface area contributed by atoms with Crippen molar-refractivity contribution in [2.75, 3.05) is 18.0 Å². The number of nitrogens with one attached hydrogen (secondary N) is 1. The smallest absolute Gasteiger partial charge is 0.251 e. The molecule has 1 aliphatic rings. The number of carbonyl (C=O) groups is 1. The van der Waals surface area contributed by atoms with Crippen molar-refractivity contribution >= 4 is 48.5 Å². The van der Waals surface area contributed by atoms with Gasteiger partial charge in [-0.2, -0.15) is 0 Å². The number of rotatable bonds is 4. The van der Waals surface area contributed by atoms with E-state index in [2.05, 4.69) is 33.1 Å². The number of benzene rings is 2. The van der Waals surface area contributed by atoms with Gasteiger partial charge in [0.15, 0.2) is 5.13 Å². The van der Waals surface area contributed by atoms with Gasteiger partial charge in [-0.25, -0.2) is 4.98 Å². The lowest BCUT2D eigenvalue weighted by Gasteiger charge is -2.29. The van der Waals surface area contributed by atoms with Crippen LogP contribution in [0.1, 0.15) is 35.7 Å². The first kappa shape index (κ1) is 18.4. The Morgan fingerprint density at radius 2 is 2.04 bits per heavy atom. The first-order chi connectivity index (χ1) is 13.1. The zero-order valence-corrected chi connectivity index (χ0v) is 17.6. The molecule has 0 aliphatic carbocycles. The summed E-state index contributed by atoms with van der Waals surface area (Å²) < 4.78 is 2.07. The first-order valence-electron chi connectivity index (χ1n) is 9.27. The maximum Gasteiger partial charge on any atom is 0.251 e. The lowest BCUT2D eigenvalue weighted by molar-refractivity contribution is 0.0951. The molecular formula is C21H22BrN3OS. The summed E-state index contributed by atoms with van der Waals surface area (Å²) in [5, 5.41) is 4.07. The summed E-state index contributed by atoms with van der Waals surface area (Å²) >= 11 is 5.20. The number of thiazole rings is 1. The van der Waals surface area contributed by atoms with Crippen LogP contribution in [0.2, 0.25) is 0 Å². The van der Waals surface area contributed by atoms with Crippen LogP contribution in [0.5, 0.6) is 0 Å². The highest BCUT2D eigenvalue weighted by Crippen LogP contribution is 2.32. The molecule has 1 aromatic heterocycles. The number of nitrogens with zero attached hydrogens (tertiary/aromatic N) is 2. The molecule has 1 N–H and O–H groups in total. The molecule has 27 heavy (non-hydrogen) atoms. The van der Waals surface area contributed by atoms with Crippen LogP contribution in [0.25, 0.3) is 10.2 Å². The molecule has 0 atom stereocenters. The molecule has 6 heteroatoms. The summed E-state index contributed by atoms with van der Waals surface area (Å²) in [5.41, 5.74) is 2.71. The highest BCUT2D eigenvalue weighted by atomic mass is 79.9. The average Bonchev–Trinajstić information content (AvgIpc) is 3.11. The van der Waals surface area contributed by atoms with Gasteiger partial charge < -0.3 is 10.2 Å². The molecular weight excluding hydrogens is 422 g/mol. The predicted octanol–water partition coefficient (Wildman–Crippen LogP) is 5.23. The fourth-order valence-corrected chi connectivity index (χ4v) is 4.79. The molecule has 140 valence electrons. The molecule has 1 amide bonds. The molecule has 1 fully saturated rings. The Hall–Kier alpha value is -1.92. The summed E-state index contributed by atoms with van der Waals surface area (Å²) in [6.45, 7) is 4.95. The molecule has 0 unspecified atom stereocenters. The van der Waals surface area contributed by atoms with Gasteiger partial charge in [0.25, 0.3) is 5.91 Å². The highest BCUT2D eigenvalue weighted by molar-refractivity contribution is 9.10. The third-order valence-electron chi connectivity index (χ3n) is 5.09. The average molecular weight is 444 g/mol. The van der Waals surface area contributed by atoms with Crippen molar-refractivity contribution in [3.8, 4) is 0 Å². The fraction of sp³-hybridized carbons (Fsp3) is 0.333. The zero-order valence-electron chi connectivity index (χ0n) is 15.2. The molecule has 0 saturated carbocycles. The van der Waals surface area contributed by atoms with Crippen LogP contribution in [0.3, 0.4) is 0 Å². The van der Waals surface area contributed by atoms with Gasteiger partial charge in [0.05, 0.1) is 10.2 Å². The lowest BCUT2D eigenvalue weighted by Crippen LogP contribution is -2.32. The Balaban J connectivity index is 1.47. The lowest BCUT2D eigenvalue weighted by atomic mass is 10.00. The van der Waals surface area contributed by atoms with E-state index in [1.807, 2.05) is 42.5 Å². The van der Waals surface area contributed by atoms with E-state index in [0.717, 1.165) is 44.4 Å². The minimum atomic E-state index is -0.0607. The van der Waals surface area contributed by atoms with E-state index in [1.54, 1.807) is 11.3 Å². The van der Waals surface area contributed by atoms with E-state index < -0.39 is 0 Å². The second-order valence-corrected chi connectivity index (χ2v) is 8.99. The number of carbonyl (C=O) groups excluding carboxylic acids is 1.